The van der Waals surface area contributed by atoms with Crippen LogP contribution in [0.1, 0.15) is 5.56 Å². The van der Waals surface area contributed by atoms with Crippen LogP contribution >= 0.6 is 0 Å². The summed E-state index contributed by atoms with van der Waals surface area (Å²) in [5.41, 5.74) is -0.853. The van der Waals surface area contributed by atoms with Crippen molar-refractivity contribution >= 4 is 0 Å². The van der Waals surface area contributed by atoms with Gasteiger partial charge in [-0.2, -0.15) is 0 Å². The van der Waals surface area contributed by atoms with Crippen LogP contribution in [0.25, 0.3) is 0 Å². The molecule has 0 N–H and O–H groups in total. The van der Waals surface area contributed by atoms with Gasteiger partial charge in [0.1, 0.15) is 0 Å². The quantitative estimate of drug-likeness (QED) is 0.437. The zero-order valence-corrected chi connectivity index (χ0v) is 7.71. The highest BCUT2D eigenvalue weighted by molar-refractivity contribution is 5.24. The Bertz CT molecular complexity index is 348. The molecule has 1 rings (SSSR count). The van der Waals surface area contributed by atoms with Crippen molar-refractivity contribution < 1.29 is 26.7 Å². The molecule has 0 fully saturated rings. The number of hydrogen-bond acceptors (Lipinski definition) is 1. The fourth-order valence-electron chi connectivity index (χ4n) is 1.07. The molecule has 0 atom stereocenters. The predicted molar refractivity (Wildman–Crippen MR) is 41.8 cm³/mol. The minimum absolute atomic E-state index is 0.127. The largest absolute Gasteiger partial charge is 0.384 e. The minimum Gasteiger partial charge on any atom is -0.384 e. The van der Waals surface area contributed by atoms with Crippen LogP contribution in [0.15, 0.2) is 0 Å². The molecule has 1 nitrogen and oxygen atoms in total. The van der Waals surface area contributed by atoms with Crippen molar-refractivity contribution in [1.82, 2.24) is 0 Å². The molecule has 0 aliphatic carbocycles. The standard InChI is InChI=1S/C9H7F5O/c1-15-3-2-4-5(10)7(12)9(14)8(13)6(4)11/h2-3H2,1H3. The summed E-state index contributed by atoms with van der Waals surface area (Å²) in [5.74, 6) is -9.61. The molecule has 0 aromatic heterocycles. The van der Waals surface area contributed by atoms with Gasteiger partial charge in [0.15, 0.2) is 23.3 Å². The highest BCUT2D eigenvalue weighted by atomic mass is 19.2. The lowest BCUT2D eigenvalue weighted by molar-refractivity contribution is 0.199. The summed E-state index contributed by atoms with van der Waals surface area (Å²) < 4.78 is 68.2. The van der Waals surface area contributed by atoms with Gasteiger partial charge in [-0.05, 0) is 0 Å². The maximum Gasteiger partial charge on any atom is 0.200 e. The number of rotatable bonds is 3. The van der Waals surface area contributed by atoms with Gasteiger partial charge in [-0.15, -0.1) is 0 Å². The Hall–Kier alpha value is -1.17. The van der Waals surface area contributed by atoms with E-state index in [1.807, 2.05) is 0 Å². The third-order valence-corrected chi connectivity index (χ3v) is 1.86. The molecule has 0 aliphatic rings. The van der Waals surface area contributed by atoms with Crippen molar-refractivity contribution in [1.29, 1.82) is 0 Å². The lowest BCUT2D eigenvalue weighted by atomic mass is 10.1. The number of hydrogen-bond donors (Lipinski definition) is 0. The van der Waals surface area contributed by atoms with E-state index in [0.717, 1.165) is 0 Å². The summed E-state index contributed by atoms with van der Waals surface area (Å²) in [6, 6.07) is 0. The van der Waals surface area contributed by atoms with Gasteiger partial charge in [0.05, 0.1) is 6.61 Å². The Morgan fingerprint density at radius 3 is 1.60 bits per heavy atom. The highest BCUT2D eigenvalue weighted by Gasteiger charge is 2.24. The van der Waals surface area contributed by atoms with Gasteiger partial charge < -0.3 is 4.74 Å². The van der Waals surface area contributed by atoms with Gasteiger partial charge in [-0.1, -0.05) is 0 Å². The molecule has 0 radical (unpaired) electrons. The number of benzene rings is 1. The van der Waals surface area contributed by atoms with Crippen LogP contribution < -0.4 is 0 Å². The van der Waals surface area contributed by atoms with E-state index >= 15 is 0 Å². The second kappa shape index (κ2) is 4.57. The SMILES string of the molecule is COCCc1c(F)c(F)c(F)c(F)c1F. The molecule has 0 unspecified atom stereocenters. The van der Waals surface area contributed by atoms with Gasteiger partial charge in [0, 0.05) is 19.1 Å². The zero-order chi connectivity index (χ0) is 11.6. The lowest BCUT2D eigenvalue weighted by Crippen LogP contribution is -2.09. The van der Waals surface area contributed by atoms with Gasteiger partial charge in [-0.3, -0.25) is 0 Å². The first-order valence-corrected chi connectivity index (χ1v) is 4.00. The van der Waals surface area contributed by atoms with Crippen molar-refractivity contribution in [3.05, 3.63) is 34.6 Å². The second-order valence-electron chi connectivity index (χ2n) is 2.79. The van der Waals surface area contributed by atoms with Crippen LogP contribution in [0, 0.1) is 29.1 Å². The summed E-state index contributed by atoms with van der Waals surface area (Å²) in [5, 5.41) is 0. The average Bonchev–Trinajstić information content (AvgIpc) is 2.24. The summed E-state index contributed by atoms with van der Waals surface area (Å²) in [7, 11) is 1.26. The van der Waals surface area contributed by atoms with Crippen LogP contribution in [0.2, 0.25) is 0 Å². The van der Waals surface area contributed by atoms with E-state index in [1.165, 1.54) is 7.11 Å². The van der Waals surface area contributed by atoms with Gasteiger partial charge in [0.2, 0.25) is 5.82 Å². The van der Waals surface area contributed by atoms with Crippen LogP contribution in [-0.4, -0.2) is 13.7 Å². The van der Waals surface area contributed by atoms with Gasteiger partial charge in [0.25, 0.3) is 0 Å². The molecular formula is C9H7F5O. The normalized spacial score (nSPS) is 10.8. The fourth-order valence-corrected chi connectivity index (χ4v) is 1.07. The molecule has 0 amide bonds. The maximum absolute atomic E-state index is 12.9. The average molecular weight is 226 g/mol. The Morgan fingerprint density at radius 2 is 1.20 bits per heavy atom. The minimum atomic E-state index is -2.15. The molecular weight excluding hydrogens is 219 g/mol. The first-order chi connectivity index (χ1) is 7.00. The molecule has 0 bridgehead atoms. The smallest absolute Gasteiger partial charge is 0.200 e. The first-order valence-electron chi connectivity index (χ1n) is 4.00. The molecule has 0 saturated heterocycles. The Kier molecular flexibility index (Phi) is 3.62. The molecule has 0 spiro atoms. The van der Waals surface area contributed by atoms with Crippen molar-refractivity contribution in [2.75, 3.05) is 13.7 Å². The topological polar surface area (TPSA) is 9.23 Å². The third-order valence-electron chi connectivity index (χ3n) is 1.86. The summed E-state index contributed by atoms with van der Waals surface area (Å²) in [6.07, 6.45) is -0.373. The van der Waals surface area contributed by atoms with Crippen LogP contribution in [0.3, 0.4) is 0 Å². The Labute approximate surface area is 82.5 Å². The third kappa shape index (κ3) is 2.09. The summed E-state index contributed by atoms with van der Waals surface area (Å²) >= 11 is 0. The Morgan fingerprint density at radius 1 is 0.800 bits per heavy atom. The first kappa shape index (κ1) is 11.9. The van der Waals surface area contributed by atoms with Crippen molar-refractivity contribution in [2.45, 2.75) is 6.42 Å². The van der Waals surface area contributed by atoms with E-state index in [1.54, 1.807) is 0 Å². The summed E-state index contributed by atoms with van der Waals surface area (Å²) in [6.45, 7) is -0.127. The second-order valence-corrected chi connectivity index (χ2v) is 2.79. The number of methoxy groups -OCH3 is 1. The molecule has 0 aliphatic heterocycles. The zero-order valence-electron chi connectivity index (χ0n) is 7.71. The monoisotopic (exact) mass is 226 g/mol. The Balaban J connectivity index is 3.26. The van der Waals surface area contributed by atoms with Gasteiger partial charge in [-0.25, -0.2) is 22.0 Å². The van der Waals surface area contributed by atoms with E-state index in [9.17, 15) is 22.0 Å². The summed E-state index contributed by atoms with van der Waals surface area (Å²) in [4.78, 5) is 0. The highest BCUT2D eigenvalue weighted by Crippen LogP contribution is 2.23. The molecule has 1 aromatic rings. The number of ether oxygens (including phenoxy) is 1. The van der Waals surface area contributed by atoms with E-state index in [4.69, 9.17) is 0 Å². The van der Waals surface area contributed by atoms with Crippen molar-refractivity contribution in [3.8, 4) is 0 Å². The van der Waals surface area contributed by atoms with Crippen LogP contribution in [0.5, 0.6) is 0 Å². The van der Waals surface area contributed by atoms with Crippen LogP contribution in [-0.2, 0) is 11.2 Å². The molecule has 0 heterocycles. The van der Waals surface area contributed by atoms with Crippen LogP contribution in [0.4, 0.5) is 22.0 Å². The van der Waals surface area contributed by atoms with E-state index in [0.29, 0.717) is 0 Å². The molecule has 15 heavy (non-hydrogen) atoms. The molecule has 0 saturated carbocycles. The van der Waals surface area contributed by atoms with Gasteiger partial charge >= 0.3 is 0 Å². The molecule has 84 valence electrons. The van der Waals surface area contributed by atoms with E-state index in [-0.39, 0.29) is 13.0 Å². The van der Waals surface area contributed by atoms with E-state index in [2.05, 4.69) is 4.74 Å². The predicted octanol–water partition coefficient (Wildman–Crippen LogP) is 2.57. The van der Waals surface area contributed by atoms with Crippen molar-refractivity contribution in [2.24, 2.45) is 0 Å². The lowest BCUT2D eigenvalue weighted by Gasteiger charge is -2.07. The number of halogens is 5. The fraction of sp³-hybridized carbons (Fsp3) is 0.333. The van der Waals surface area contributed by atoms with Crippen molar-refractivity contribution in [3.63, 3.8) is 0 Å². The van der Waals surface area contributed by atoms with E-state index < -0.39 is 34.6 Å². The molecule has 6 heteroatoms. The maximum atomic E-state index is 12.9. The molecule has 1 aromatic carbocycles.